The molecular formula is C30H32N2O2Si. The summed E-state index contributed by atoms with van der Waals surface area (Å²) in [4.78, 5) is 5.34. The van der Waals surface area contributed by atoms with Crippen LogP contribution in [-0.2, 0) is 5.54 Å². The molecule has 0 unspecified atom stereocenters. The van der Waals surface area contributed by atoms with Gasteiger partial charge in [-0.15, -0.1) is 0 Å². The van der Waals surface area contributed by atoms with Crippen LogP contribution in [0.4, 0.5) is 11.4 Å². The Morgan fingerprint density at radius 3 is 1.97 bits per heavy atom. The number of hydrogen-bond donors (Lipinski definition) is 1. The Balaban J connectivity index is 1.76. The first-order valence-corrected chi connectivity index (χ1v) is 15.7. The molecule has 1 aliphatic rings. The van der Waals surface area contributed by atoms with Gasteiger partial charge in [-0.1, -0.05) is 56.0 Å². The van der Waals surface area contributed by atoms with E-state index in [9.17, 15) is 0 Å². The second-order valence-electron chi connectivity index (χ2n) is 10.4. The molecule has 1 N–H and O–H groups in total. The van der Waals surface area contributed by atoms with Gasteiger partial charge in [0.25, 0.3) is 0 Å². The summed E-state index contributed by atoms with van der Waals surface area (Å²) in [5, 5.41) is 6.53. The molecule has 0 aromatic heterocycles. The maximum Gasteiger partial charge on any atom is 0.119 e. The molecule has 0 aliphatic heterocycles. The van der Waals surface area contributed by atoms with E-state index in [0.717, 1.165) is 34.6 Å². The molecule has 0 saturated heterocycles. The normalized spacial score (nSPS) is 18.1. The van der Waals surface area contributed by atoms with Crippen LogP contribution in [-0.4, -0.2) is 28.0 Å². The van der Waals surface area contributed by atoms with Crippen molar-refractivity contribution in [3.8, 4) is 11.5 Å². The van der Waals surface area contributed by atoms with E-state index in [4.69, 9.17) is 14.5 Å². The van der Waals surface area contributed by atoms with Gasteiger partial charge in [-0.05, 0) is 70.9 Å². The molecule has 0 bridgehead atoms. The number of methoxy groups -OCH3 is 2. The smallest absolute Gasteiger partial charge is 0.119 e. The molecule has 0 spiro atoms. The minimum Gasteiger partial charge on any atom is -0.497 e. The Morgan fingerprint density at radius 2 is 1.37 bits per heavy atom. The lowest BCUT2D eigenvalue weighted by atomic mass is 9.90. The largest absolute Gasteiger partial charge is 0.497 e. The van der Waals surface area contributed by atoms with E-state index >= 15 is 0 Å². The van der Waals surface area contributed by atoms with E-state index in [-0.39, 0.29) is 0 Å². The van der Waals surface area contributed by atoms with E-state index in [1.54, 1.807) is 14.2 Å². The standard InChI is InChI=1S/C30H32N2O2Si/c1-33-24-16-12-22(13-17-24)31-29-26-10-6-8-21-9-7-11-27(28(21)26)30(29,20-35(3,4)5)32-23-14-18-25(34-2)19-15-23/h6-19,32H,20H2,1-5H3/t30-/m1/s1. The number of benzene rings is 4. The van der Waals surface area contributed by atoms with Crippen molar-refractivity contribution in [1.82, 2.24) is 0 Å². The Labute approximate surface area is 208 Å². The van der Waals surface area contributed by atoms with Crippen molar-refractivity contribution < 1.29 is 9.47 Å². The van der Waals surface area contributed by atoms with E-state index in [0.29, 0.717) is 0 Å². The van der Waals surface area contributed by atoms with Crippen LogP contribution in [0.1, 0.15) is 11.1 Å². The fraction of sp³-hybridized carbons (Fsp3) is 0.233. The molecule has 35 heavy (non-hydrogen) atoms. The lowest BCUT2D eigenvalue weighted by Crippen LogP contribution is -2.46. The monoisotopic (exact) mass is 480 g/mol. The summed E-state index contributed by atoms with van der Waals surface area (Å²) < 4.78 is 10.8. The highest BCUT2D eigenvalue weighted by molar-refractivity contribution is 6.76. The van der Waals surface area contributed by atoms with Crippen LogP contribution < -0.4 is 14.8 Å². The summed E-state index contributed by atoms with van der Waals surface area (Å²) in [6.07, 6.45) is 0. The van der Waals surface area contributed by atoms with Crippen LogP contribution in [0.15, 0.2) is 89.9 Å². The summed E-state index contributed by atoms with van der Waals surface area (Å²) >= 11 is 0. The first kappa shape index (κ1) is 23.2. The predicted octanol–water partition coefficient (Wildman–Crippen LogP) is 7.64. The molecule has 4 aromatic carbocycles. The van der Waals surface area contributed by atoms with Gasteiger partial charge in [0.1, 0.15) is 17.0 Å². The third kappa shape index (κ3) is 4.32. The average molecular weight is 481 g/mol. The van der Waals surface area contributed by atoms with Gasteiger partial charge in [0, 0.05) is 19.3 Å². The average Bonchev–Trinajstić information content (AvgIpc) is 3.09. The first-order valence-electron chi connectivity index (χ1n) is 12.0. The molecule has 0 saturated carbocycles. The fourth-order valence-electron chi connectivity index (χ4n) is 5.26. The molecule has 4 aromatic rings. The van der Waals surface area contributed by atoms with Gasteiger partial charge >= 0.3 is 0 Å². The van der Waals surface area contributed by atoms with Gasteiger partial charge in [-0.2, -0.15) is 0 Å². The summed E-state index contributed by atoms with van der Waals surface area (Å²) in [7, 11) is 1.80. The number of nitrogens with one attached hydrogen (secondary N) is 1. The lowest BCUT2D eigenvalue weighted by molar-refractivity contribution is 0.414. The highest BCUT2D eigenvalue weighted by atomic mass is 28.3. The Morgan fingerprint density at radius 1 is 0.771 bits per heavy atom. The predicted molar refractivity (Wildman–Crippen MR) is 150 cm³/mol. The quantitative estimate of drug-likeness (QED) is 0.276. The van der Waals surface area contributed by atoms with Crippen LogP contribution in [0.2, 0.25) is 25.7 Å². The Bertz CT molecular complexity index is 1380. The maximum atomic E-state index is 5.41. The van der Waals surface area contributed by atoms with E-state index in [1.807, 2.05) is 36.4 Å². The number of anilines is 1. The molecule has 1 aliphatic carbocycles. The second kappa shape index (κ2) is 8.89. The van der Waals surface area contributed by atoms with Crippen LogP contribution in [0.25, 0.3) is 10.8 Å². The molecule has 5 heteroatoms. The van der Waals surface area contributed by atoms with Crippen molar-refractivity contribution in [3.63, 3.8) is 0 Å². The molecule has 178 valence electrons. The van der Waals surface area contributed by atoms with Crippen molar-refractivity contribution in [2.24, 2.45) is 4.99 Å². The highest BCUT2D eigenvalue weighted by Gasteiger charge is 2.48. The zero-order chi connectivity index (χ0) is 24.6. The summed E-state index contributed by atoms with van der Waals surface area (Å²) in [6.45, 7) is 7.29. The molecular weight excluding hydrogens is 448 g/mol. The number of ether oxygens (including phenoxy) is 2. The van der Waals surface area contributed by atoms with Crippen LogP contribution in [0.3, 0.4) is 0 Å². The van der Waals surface area contributed by atoms with Crippen LogP contribution in [0.5, 0.6) is 11.5 Å². The van der Waals surface area contributed by atoms with Crippen molar-refractivity contribution in [3.05, 3.63) is 96.1 Å². The molecule has 0 radical (unpaired) electrons. The zero-order valence-electron chi connectivity index (χ0n) is 21.1. The molecule has 0 heterocycles. The van der Waals surface area contributed by atoms with Gasteiger partial charge in [0.15, 0.2) is 0 Å². The SMILES string of the molecule is COc1ccc(N=C2c3cccc4cccc(c34)[C@@]2(C[Si](C)(C)C)Nc2ccc(OC)cc2)cc1. The van der Waals surface area contributed by atoms with Crippen molar-refractivity contribution in [2.45, 2.75) is 31.2 Å². The third-order valence-corrected chi connectivity index (χ3v) is 8.17. The van der Waals surface area contributed by atoms with Crippen LogP contribution >= 0.6 is 0 Å². The number of nitrogens with zero attached hydrogens (tertiary/aromatic N) is 1. The topological polar surface area (TPSA) is 42.8 Å². The van der Waals surface area contributed by atoms with Gasteiger partial charge in [0.05, 0.1) is 25.6 Å². The number of hydrogen-bond acceptors (Lipinski definition) is 4. The molecule has 0 amide bonds. The Kier molecular flexibility index (Phi) is 5.89. The van der Waals surface area contributed by atoms with Crippen molar-refractivity contribution in [1.29, 1.82) is 0 Å². The molecule has 1 atom stereocenters. The maximum absolute atomic E-state index is 5.41. The van der Waals surface area contributed by atoms with E-state index < -0.39 is 13.6 Å². The molecule has 4 nitrogen and oxygen atoms in total. The summed E-state index contributed by atoms with van der Waals surface area (Å²) in [6, 6.07) is 30.4. The highest BCUT2D eigenvalue weighted by Crippen LogP contribution is 2.48. The van der Waals surface area contributed by atoms with Gasteiger partial charge in [-0.25, -0.2) is 4.99 Å². The lowest BCUT2D eigenvalue weighted by Gasteiger charge is -2.38. The van der Waals surface area contributed by atoms with Crippen molar-refractivity contribution in [2.75, 3.05) is 19.5 Å². The number of rotatable bonds is 7. The van der Waals surface area contributed by atoms with E-state index in [1.165, 1.54) is 21.9 Å². The minimum absolute atomic E-state index is 0.442. The van der Waals surface area contributed by atoms with Gasteiger partial charge < -0.3 is 14.8 Å². The number of aliphatic imine (C=N–C) groups is 1. The zero-order valence-corrected chi connectivity index (χ0v) is 22.1. The fourth-order valence-corrected chi connectivity index (χ4v) is 7.30. The van der Waals surface area contributed by atoms with E-state index in [2.05, 4.69) is 73.5 Å². The summed E-state index contributed by atoms with van der Waals surface area (Å²) in [5.74, 6) is 1.68. The summed E-state index contributed by atoms with van der Waals surface area (Å²) in [5.41, 5.74) is 5.11. The second-order valence-corrected chi connectivity index (χ2v) is 15.8. The Hall–Kier alpha value is -3.57. The van der Waals surface area contributed by atoms with Gasteiger partial charge in [-0.3, -0.25) is 0 Å². The van der Waals surface area contributed by atoms with Crippen LogP contribution in [0, 0.1) is 0 Å². The molecule has 5 rings (SSSR count). The first-order chi connectivity index (χ1) is 16.8. The minimum atomic E-state index is -1.58. The van der Waals surface area contributed by atoms with Gasteiger partial charge in [0.2, 0.25) is 0 Å². The molecule has 0 fully saturated rings. The third-order valence-electron chi connectivity index (χ3n) is 6.58. The van der Waals surface area contributed by atoms with Crippen molar-refractivity contribution >= 4 is 35.9 Å².